The minimum Gasteiger partial charge on any atom is -0.370 e. The number of hydrogen-bond donors (Lipinski definition) is 5. The fourth-order valence-electron chi connectivity index (χ4n) is 2.19. The second-order valence-electron chi connectivity index (χ2n) is 5.82. The van der Waals surface area contributed by atoms with E-state index >= 15 is 0 Å². The summed E-state index contributed by atoms with van der Waals surface area (Å²) in [6.45, 7) is 5.19. The summed E-state index contributed by atoms with van der Waals surface area (Å²) < 4.78 is 0. The van der Waals surface area contributed by atoms with Gasteiger partial charge in [0.05, 0.1) is 0 Å². The molecule has 12 heteroatoms. The first-order valence-corrected chi connectivity index (χ1v) is 9.31. The first kappa shape index (κ1) is 22.5. The molecule has 1 aromatic rings. The van der Waals surface area contributed by atoms with Crippen molar-refractivity contribution in [1.29, 1.82) is 0 Å². The van der Waals surface area contributed by atoms with Crippen molar-refractivity contribution in [2.24, 2.45) is 32.9 Å². The molecule has 0 aliphatic carbocycles. The smallest absolute Gasteiger partial charge is 0.231 e. The normalized spacial score (nSPS) is 10.3. The number of rotatable bonds is 13. The zero-order chi connectivity index (χ0) is 20.1. The predicted octanol–water partition coefficient (Wildman–Crippen LogP) is -0.130. The van der Waals surface area contributed by atoms with Gasteiger partial charge in [-0.2, -0.15) is 15.0 Å². The molecule has 0 spiro atoms. The van der Waals surface area contributed by atoms with E-state index in [-0.39, 0.29) is 17.2 Å². The average Bonchev–Trinajstić information content (AvgIpc) is 2.59. The maximum Gasteiger partial charge on any atom is 0.231 e. The Hall–Kier alpha value is -2.56. The lowest BCUT2D eigenvalue weighted by Crippen LogP contribution is -2.30. The molecule has 27 heavy (non-hydrogen) atoms. The molecule has 0 amide bonds. The van der Waals surface area contributed by atoms with Gasteiger partial charge in [0.25, 0.3) is 0 Å². The minimum absolute atomic E-state index is 0.0694. The molecule has 11 nitrogen and oxygen atoms in total. The number of guanidine groups is 2. The molecule has 9 N–H and O–H groups in total. The molecule has 0 atom stereocenters. The van der Waals surface area contributed by atoms with E-state index in [0.29, 0.717) is 38.1 Å². The SMILES string of the molecule is CCCCNc1nc(Cl)nc(N(CCCN=C(N)N)CCCN=C(N)N)n1. The molecule has 0 radical (unpaired) electrons. The summed E-state index contributed by atoms with van der Waals surface area (Å²) >= 11 is 6.07. The molecule has 0 bridgehead atoms. The summed E-state index contributed by atoms with van der Waals surface area (Å²) in [4.78, 5) is 22.8. The van der Waals surface area contributed by atoms with Crippen molar-refractivity contribution in [2.45, 2.75) is 32.6 Å². The fourth-order valence-corrected chi connectivity index (χ4v) is 2.34. The molecule has 1 heterocycles. The molecule has 0 saturated heterocycles. The number of aromatic nitrogens is 3. The summed E-state index contributed by atoms with van der Waals surface area (Å²) in [6.07, 6.45) is 3.53. The average molecular weight is 400 g/mol. The van der Waals surface area contributed by atoms with Crippen LogP contribution < -0.4 is 33.2 Å². The van der Waals surface area contributed by atoms with Crippen LogP contribution in [0.2, 0.25) is 5.28 Å². The maximum absolute atomic E-state index is 6.07. The van der Waals surface area contributed by atoms with E-state index in [0.717, 1.165) is 32.2 Å². The topological polar surface area (TPSA) is 183 Å². The molecule has 0 fully saturated rings. The van der Waals surface area contributed by atoms with Gasteiger partial charge in [-0.25, -0.2) is 0 Å². The van der Waals surface area contributed by atoms with Crippen molar-refractivity contribution >= 4 is 35.4 Å². The Morgan fingerprint density at radius 2 is 1.56 bits per heavy atom. The van der Waals surface area contributed by atoms with Gasteiger partial charge in [-0.3, -0.25) is 9.98 Å². The second kappa shape index (κ2) is 12.7. The Bertz CT molecular complexity index is 588. The van der Waals surface area contributed by atoms with E-state index in [1.807, 2.05) is 4.90 Å². The van der Waals surface area contributed by atoms with E-state index in [1.165, 1.54) is 0 Å². The second-order valence-corrected chi connectivity index (χ2v) is 6.15. The summed E-state index contributed by atoms with van der Waals surface area (Å²) in [6, 6.07) is 0. The molecule has 0 unspecified atom stereocenters. The van der Waals surface area contributed by atoms with Gasteiger partial charge in [0.2, 0.25) is 17.2 Å². The standard InChI is InChI=1S/C15H30ClN11/c1-2-3-6-23-14-24-11(16)25-15(26-14)27(9-4-7-21-12(17)18)10-5-8-22-13(19)20/h2-10H2,1H3,(H4,17,18,21)(H4,19,20,22)(H,23,24,25,26). The first-order chi connectivity index (χ1) is 12.9. The largest absolute Gasteiger partial charge is 0.370 e. The Morgan fingerprint density at radius 1 is 0.963 bits per heavy atom. The Kier molecular flexibility index (Phi) is 10.6. The summed E-state index contributed by atoms with van der Waals surface area (Å²) in [5, 5.41) is 3.30. The molecule has 1 rings (SSSR count). The lowest BCUT2D eigenvalue weighted by Gasteiger charge is -2.22. The number of halogens is 1. The van der Waals surface area contributed by atoms with Gasteiger partial charge in [0.15, 0.2) is 11.9 Å². The van der Waals surface area contributed by atoms with E-state index in [2.05, 4.69) is 37.2 Å². The zero-order valence-corrected chi connectivity index (χ0v) is 16.5. The Morgan fingerprint density at radius 3 is 2.07 bits per heavy atom. The highest BCUT2D eigenvalue weighted by Crippen LogP contribution is 2.15. The number of nitrogens with two attached hydrogens (primary N) is 4. The number of anilines is 2. The first-order valence-electron chi connectivity index (χ1n) is 8.93. The summed E-state index contributed by atoms with van der Waals surface area (Å²) in [7, 11) is 0. The quantitative estimate of drug-likeness (QED) is 0.171. The van der Waals surface area contributed by atoms with E-state index in [4.69, 9.17) is 34.5 Å². The van der Waals surface area contributed by atoms with Gasteiger partial charge in [0, 0.05) is 32.7 Å². The summed E-state index contributed by atoms with van der Waals surface area (Å²) in [5.41, 5.74) is 21.4. The molecule has 0 aliphatic rings. The monoisotopic (exact) mass is 399 g/mol. The van der Waals surface area contributed by atoms with Crippen LogP contribution in [-0.2, 0) is 0 Å². The van der Waals surface area contributed by atoms with E-state index in [1.54, 1.807) is 0 Å². The van der Waals surface area contributed by atoms with Crippen LogP contribution in [0.4, 0.5) is 11.9 Å². The van der Waals surface area contributed by atoms with Crippen LogP contribution >= 0.6 is 11.6 Å². The lowest BCUT2D eigenvalue weighted by atomic mass is 10.3. The number of unbranched alkanes of at least 4 members (excludes halogenated alkanes) is 1. The molecule has 1 aromatic heterocycles. The van der Waals surface area contributed by atoms with Crippen molar-refractivity contribution in [2.75, 3.05) is 42.9 Å². The Balaban J connectivity index is 2.81. The maximum atomic E-state index is 6.07. The van der Waals surface area contributed by atoms with Crippen molar-refractivity contribution in [3.8, 4) is 0 Å². The number of nitrogens with zero attached hydrogens (tertiary/aromatic N) is 6. The Labute approximate surface area is 164 Å². The van der Waals surface area contributed by atoms with Gasteiger partial charge < -0.3 is 33.2 Å². The minimum atomic E-state index is 0.0694. The van der Waals surface area contributed by atoms with Crippen molar-refractivity contribution in [3.05, 3.63) is 5.28 Å². The van der Waals surface area contributed by atoms with Gasteiger partial charge in [0.1, 0.15) is 0 Å². The highest BCUT2D eigenvalue weighted by atomic mass is 35.5. The van der Waals surface area contributed by atoms with Crippen LogP contribution in [0.5, 0.6) is 0 Å². The van der Waals surface area contributed by atoms with Gasteiger partial charge >= 0.3 is 0 Å². The molecular weight excluding hydrogens is 370 g/mol. The number of aliphatic imine (C=N–C) groups is 2. The van der Waals surface area contributed by atoms with E-state index in [9.17, 15) is 0 Å². The van der Waals surface area contributed by atoms with Crippen LogP contribution in [0.1, 0.15) is 32.6 Å². The highest BCUT2D eigenvalue weighted by Gasteiger charge is 2.13. The number of hydrogen-bond acceptors (Lipinski definition) is 7. The van der Waals surface area contributed by atoms with Crippen LogP contribution in [0.25, 0.3) is 0 Å². The molecule has 0 aliphatic heterocycles. The van der Waals surface area contributed by atoms with Crippen LogP contribution in [0.3, 0.4) is 0 Å². The van der Waals surface area contributed by atoms with Crippen molar-refractivity contribution in [3.63, 3.8) is 0 Å². The summed E-state index contributed by atoms with van der Waals surface area (Å²) in [5.74, 6) is 1.08. The molecule has 0 saturated carbocycles. The van der Waals surface area contributed by atoms with Gasteiger partial charge in [-0.15, -0.1) is 0 Å². The van der Waals surface area contributed by atoms with Crippen LogP contribution in [0, 0.1) is 0 Å². The third-order valence-electron chi connectivity index (χ3n) is 3.45. The molecular formula is C15H30ClN11. The number of nitrogens with one attached hydrogen (secondary N) is 1. The molecule has 152 valence electrons. The van der Waals surface area contributed by atoms with Gasteiger partial charge in [-0.1, -0.05) is 13.3 Å². The highest BCUT2D eigenvalue weighted by molar-refractivity contribution is 6.28. The third kappa shape index (κ3) is 10.2. The van der Waals surface area contributed by atoms with Crippen molar-refractivity contribution in [1.82, 2.24) is 15.0 Å². The van der Waals surface area contributed by atoms with E-state index < -0.39 is 0 Å². The molecule has 0 aromatic carbocycles. The predicted molar refractivity (Wildman–Crippen MR) is 111 cm³/mol. The fraction of sp³-hybridized carbons (Fsp3) is 0.667. The van der Waals surface area contributed by atoms with Crippen LogP contribution in [0.15, 0.2) is 9.98 Å². The third-order valence-corrected chi connectivity index (χ3v) is 3.62. The zero-order valence-electron chi connectivity index (χ0n) is 15.7. The lowest BCUT2D eigenvalue weighted by molar-refractivity contribution is 0.683. The van der Waals surface area contributed by atoms with Gasteiger partial charge in [-0.05, 0) is 30.9 Å². The van der Waals surface area contributed by atoms with Crippen LogP contribution in [-0.4, -0.2) is 59.6 Å². The van der Waals surface area contributed by atoms with Crippen molar-refractivity contribution < 1.29 is 0 Å².